The molecule has 0 radical (unpaired) electrons. The minimum Gasteiger partial charge on any atom is -0.478 e. The summed E-state index contributed by atoms with van der Waals surface area (Å²) in [5, 5.41) is 26.2. The molecule has 6 heteroatoms. The molecule has 1 rings (SSSR count). The summed E-state index contributed by atoms with van der Waals surface area (Å²) >= 11 is 1.83. The van der Waals surface area contributed by atoms with Crippen LogP contribution in [0.15, 0.2) is 18.2 Å². The number of aromatic carboxylic acids is 1. The molecule has 0 aromatic heterocycles. The monoisotopic (exact) mass is 292 g/mol. The first kappa shape index (κ1) is 10.5. The molecule has 0 saturated carbocycles. The van der Waals surface area contributed by atoms with Crippen LogP contribution < -0.4 is 5.46 Å². The van der Waals surface area contributed by atoms with Crippen LogP contribution in [0.4, 0.5) is 0 Å². The second-order valence-electron chi connectivity index (χ2n) is 2.42. The van der Waals surface area contributed by atoms with Crippen molar-refractivity contribution in [1.29, 1.82) is 0 Å². The lowest BCUT2D eigenvalue weighted by atomic mass is 9.80. The molecule has 0 fully saturated rings. The quantitative estimate of drug-likeness (QED) is 0.515. The highest BCUT2D eigenvalue weighted by atomic mass is 127. The SMILES string of the molecule is O=C(O)c1ccc(B(O)O)cc1I. The third kappa shape index (κ3) is 2.42. The molecule has 13 heavy (non-hydrogen) atoms. The third-order valence-electron chi connectivity index (χ3n) is 1.52. The van der Waals surface area contributed by atoms with Crippen LogP contribution in [0, 0.1) is 3.57 Å². The Morgan fingerprint density at radius 3 is 2.38 bits per heavy atom. The third-order valence-corrected chi connectivity index (χ3v) is 2.41. The fourth-order valence-electron chi connectivity index (χ4n) is 0.865. The minimum absolute atomic E-state index is 0.157. The van der Waals surface area contributed by atoms with E-state index in [2.05, 4.69) is 0 Å². The average Bonchev–Trinajstić information content (AvgIpc) is 2.03. The zero-order chi connectivity index (χ0) is 10.0. The van der Waals surface area contributed by atoms with Gasteiger partial charge in [0.25, 0.3) is 0 Å². The molecular formula is C7H6BIO4. The fourth-order valence-corrected chi connectivity index (χ4v) is 1.64. The fraction of sp³-hybridized carbons (Fsp3) is 0. The van der Waals surface area contributed by atoms with Crippen LogP contribution in [0.25, 0.3) is 0 Å². The van der Waals surface area contributed by atoms with Crippen LogP contribution in [0.5, 0.6) is 0 Å². The van der Waals surface area contributed by atoms with Crippen LogP contribution in [0.2, 0.25) is 0 Å². The van der Waals surface area contributed by atoms with Gasteiger partial charge in [-0.2, -0.15) is 0 Å². The summed E-state index contributed by atoms with van der Waals surface area (Å²) in [7, 11) is -1.56. The van der Waals surface area contributed by atoms with Gasteiger partial charge in [-0.25, -0.2) is 4.79 Å². The van der Waals surface area contributed by atoms with Crippen molar-refractivity contribution in [1.82, 2.24) is 0 Å². The van der Waals surface area contributed by atoms with Gasteiger partial charge in [-0.05, 0) is 40.2 Å². The molecule has 3 N–H and O–H groups in total. The molecule has 0 heterocycles. The van der Waals surface area contributed by atoms with E-state index in [1.54, 1.807) is 0 Å². The molecule has 0 spiro atoms. The van der Waals surface area contributed by atoms with Crippen LogP contribution in [-0.2, 0) is 0 Å². The first-order valence-electron chi connectivity index (χ1n) is 3.41. The Morgan fingerprint density at radius 2 is 2.00 bits per heavy atom. The van der Waals surface area contributed by atoms with Crippen LogP contribution in [0.3, 0.4) is 0 Å². The first-order valence-corrected chi connectivity index (χ1v) is 4.49. The Hall–Kier alpha value is -0.595. The Morgan fingerprint density at radius 1 is 1.38 bits per heavy atom. The van der Waals surface area contributed by atoms with E-state index in [9.17, 15) is 4.79 Å². The van der Waals surface area contributed by atoms with Crippen molar-refractivity contribution in [2.24, 2.45) is 0 Å². The van der Waals surface area contributed by atoms with E-state index >= 15 is 0 Å². The molecule has 0 bridgehead atoms. The second-order valence-corrected chi connectivity index (χ2v) is 3.58. The Bertz CT molecular complexity index is 339. The maximum absolute atomic E-state index is 10.6. The van der Waals surface area contributed by atoms with Gasteiger partial charge in [0.15, 0.2) is 0 Å². The lowest BCUT2D eigenvalue weighted by molar-refractivity contribution is 0.0695. The van der Waals surface area contributed by atoms with E-state index in [0.29, 0.717) is 3.57 Å². The van der Waals surface area contributed by atoms with E-state index in [1.165, 1.54) is 18.2 Å². The molecule has 0 aliphatic rings. The molecule has 0 atom stereocenters. The van der Waals surface area contributed by atoms with Gasteiger partial charge in [0.1, 0.15) is 0 Å². The largest absolute Gasteiger partial charge is 0.488 e. The number of rotatable bonds is 2. The van der Waals surface area contributed by atoms with Gasteiger partial charge >= 0.3 is 13.1 Å². The summed E-state index contributed by atoms with van der Waals surface area (Å²) in [5.41, 5.74) is 0.444. The lowest BCUT2D eigenvalue weighted by Gasteiger charge is -2.02. The van der Waals surface area contributed by atoms with E-state index in [0.717, 1.165) is 0 Å². The molecule has 0 saturated heterocycles. The predicted octanol–water partition coefficient (Wildman–Crippen LogP) is -0.331. The van der Waals surface area contributed by atoms with Gasteiger partial charge in [-0.1, -0.05) is 6.07 Å². The minimum atomic E-state index is -1.56. The second kappa shape index (κ2) is 4.08. The molecule has 0 aliphatic carbocycles. The number of carbonyl (C=O) groups is 1. The van der Waals surface area contributed by atoms with Crippen LogP contribution >= 0.6 is 22.6 Å². The molecular weight excluding hydrogens is 286 g/mol. The van der Waals surface area contributed by atoms with Crippen molar-refractivity contribution in [3.63, 3.8) is 0 Å². The van der Waals surface area contributed by atoms with Crippen LogP contribution in [-0.4, -0.2) is 28.2 Å². The number of carboxylic acid groups (broad SMARTS) is 1. The highest BCUT2D eigenvalue weighted by Gasteiger charge is 2.14. The molecule has 1 aromatic rings. The predicted molar refractivity (Wildman–Crippen MR) is 55.9 cm³/mol. The maximum Gasteiger partial charge on any atom is 0.488 e. The zero-order valence-electron chi connectivity index (χ0n) is 6.44. The van der Waals surface area contributed by atoms with Crippen molar-refractivity contribution in [3.05, 3.63) is 27.3 Å². The number of halogens is 1. The van der Waals surface area contributed by atoms with Crippen molar-refractivity contribution in [2.45, 2.75) is 0 Å². The van der Waals surface area contributed by atoms with Crippen molar-refractivity contribution >= 4 is 41.1 Å². The van der Waals surface area contributed by atoms with Crippen molar-refractivity contribution < 1.29 is 19.9 Å². The van der Waals surface area contributed by atoms with Gasteiger partial charge in [-0.15, -0.1) is 0 Å². The standard InChI is InChI=1S/C7H6BIO4/c9-6-3-4(8(12)13)1-2-5(6)7(10)11/h1-3,12-13H,(H,10,11). The van der Waals surface area contributed by atoms with Gasteiger partial charge < -0.3 is 15.2 Å². The van der Waals surface area contributed by atoms with Gasteiger partial charge in [0.2, 0.25) is 0 Å². The molecule has 68 valence electrons. The van der Waals surface area contributed by atoms with E-state index in [1.807, 2.05) is 22.6 Å². The first-order chi connectivity index (χ1) is 6.02. The smallest absolute Gasteiger partial charge is 0.478 e. The number of hydrogen-bond acceptors (Lipinski definition) is 3. The Kier molecular flexibility index (Phi) is 3.29. The van der Waals surface area contributed by atoms with Gasteiger partial charge in [-0.3, -0.25) is 0 Å². The summed E-state index contributed by atoms with van der Waals surface area (Å²) in [6.07, 6.45) is 0. The van der Waals surface area contributed by atoms with E-state index < -0.39 is 13.1 Å². The molecule has 0 aliphatic heterocycles. The molecule has 4 nitrogen and oxygen atoms in total. The highest BCUT2D eigenvalue weighted by Crippen LogP contribution is 2.10. The average molecular weight is 292 g/mol. The van der Waals surface area contributed by atoms with Crippen LogP contribution in [0.1, 0.15) is 10.4 Å². The Balaban J connectivity index is 3.13. The topological polar surface area (TPSA) is 77.8 Å². The normalized spacial score (nSPS) is 9.77. The lowest BCUT2D eigenvalue weighted by Crippen LogP contribution is -2.30. The van der Waals surface area contributed by atoms with Gasteiger partial charge in [0.05, 0.1) is 5.56 Å². The number of hydrogen-bond donors (Lipinski definition) is 3. The number of carboxylic acids is 1. The zero-order valence-corrected chi connectivity index (χ0v) is 8.59. The summed E-state index contributed by atoms with van der Waals surface area (Å²) in [4.78, 5) is 10.6. The summed E-state index contributed by atoms with van der Waals surface area (Å²) in [6.45, 7) is 0. The summed E-state index contributed by atoms with van der Waals surface area (Å²) < 4.78 is 0.482. The van der Waals surface area contributed by atoms with Crippen molar-refractivity contribution in [3.8, 4) is 0 Å². The molecule has 0 unspecified atom stereocenters. The van der Waals surface area contributed by atoms with E-state index in [4.69, 9.17) is 15.2 Å². The highest BCUT2D eigenvalue weighted by molar-refractivity contribution is 14.1. The summed E-state index contributed by atoms with van der Waals surface area (Å²) in [5.74, 6) is -1.02. The summed E-state index contributed by atoms with van der Waals surface area (Å²) in [6, 6.07) is 4.14. The van der Waals surface area contributed by atoms with Crippen molar-refractivity contribution in [2.75, 3.05) is 0 Å². The van der Waals surface area contributed by atoms with E-state index in [-0.39, 0.29) is 11.0 Å². The molecule has 1 aromatic carbocycles. The maximum atomic E-state index is 10.6. The Labute approximate surface area is 88.5 Å². The van der Waals surface area contributed by atoms with Gasteiger partial charge in [0, 0.05) is 3.57 Å². The molecule has 0 amide bonds. The number of benzene rings is 1.